The van der Waals surface area contributed by atoms with Crippen molar-refractivity contribution < 1.29 is 13.9 Å². The van der Waals surface area contributed by atoms with Crippen LogP contribution in [0.2, 0.25) is 10.0 Å². The number of alkyl halides is 1. The number of hydrogen-bond donors (Lipinski definition) is 1. The van der Waals surface area contributed by atoms with Gasteiger partial charge in [-0.25, -0.2) is 4.39 Å². The number of hydrogen-bond acceptors (Lipinski definition) is 5. The summed E-state index contributed by atoms with van der Waals surface area (Å²) in [5, 5.41) is 13.9. The van der Waals surface area contributed by atoms with Crippen LogP contribution in [0.5, 0.6) is 0 Å². The van der Waals surface area contributed by atoms with Gasteiger partial charge in [-0.2, -0.15) is 5.26 Å². The molecule has 2 aromatic rings. The third-order valence-corrected chi connectivity index (χ3v) is 5.88. The van der Waals surface area contributed by atoms with Gasteiger partial charge in [0.05, 0.1) is 18.8 Å². The van der Waals surface area contributed by atoms with Gasteiger partial charge < -0.3 is 15.0 Å². The molecule has 0 atom stereocenters. The van der Waals surface area contributed by atoms with Crippen LogP contribution in [0.1, 0.15) is 15.2 Å². The number of nitrogens with zero attached hydrogens (tertiary/aromatic N) is 2. The van der Waals surface area contributed by atoms with Crippen LogP contribution in [0.3, 0.4) is 0 Å². The molecule has 0 aliphatic carbocycles. The van der Waals surface area contributed by atoms with Crippen molar-refractivity contribution in [1.29, 1.82) is 5.26 Å². The van der Waals surface area contributed by atoms with Crippen molar-refractivity contribution in [3.05, 3.63) is 38.7 Å². The number of morpholine rings is 1. The number of rotatable bonds is 5. The Hall–Kier alpha value is -1.85. The van der Waals surface area contributed by atoms with E-state index in [9.17, 15) is 14.4 Å². The third kappa shape index (κ3) is 4.19. The van der Waals surface area contributed by atoms with E-state index < -0.39 is 12.6 Å². The molecule has 0 bridgehead atoms. The summed E-state index contributed by atoms with van der Waals surface area (Å²) in [6, 6.07) is 7.11. The molecule has 0 saturated carbocycles. The van der Waals surface area contributed by atoms with E-state index in [1.807, 2.05) is 4.90 Å². The van der Waals surface area contributed by atoms with Crippen LogP contribution < -0.4 is 10.2 Å². The van der Waals surface area contributed by atoms with Gasteiger partial charge in [0, 0.05) is 40.8 Å². The fourth-order valence-corrected chi connectivity index (χ4v) is 4.60. The van der Waals surface area contributed by atoms with Crippen molar-refractivity contribution in [2.75, 3.05) is 44.4 Å². The molecular weight excluding hydrogens is 412 g/mol. The first-order valence-electron chi connectivity index (χ1n) is 8.26. The molecule has 27 heavy (non-hydrogen) atoms. The lowest BCUT2D eigenvalue weighted by Crippen LogP contribution is -2.36. The summed E-state index contributed by atoms with van der Waals surface area (Å²) in [7, 11) is 0. The molecule has 3 rings (SSSR count). The highest BCUT2D eigenvalue weighted by atomic mass is 35.5. The van der Waals surface area contributed by atoms with Gasteiger partial charge >= 0.3 is 0 Å². The van der Waals surface area contributed by atoms with Gasteiger partial charge in [-0.1, -0.05) is 29.3 Å². The Labute approximate surface area is 170 Å². The Bertz CT molecular complexity index is 891. The lowest BCUT2D eigenvalue weighted by Gasteiger charge is -2.27. The highest BCUT2D eigenvalue weighted by Crippen LogP contribution is 2.44. The number of thiophene rings is 1. The second kappa shape index (κ2) is 8.89. The molecule has 142 valence electrons. The molecule has 1 aromatic carbocycles. The molecule has 1 saturated heterocycles. The molecule has 1 N–H and O–H groups in total. The minimum atomic E-state index is -0.671. The van der Waals surface area contributed by atoms with Gasteiger partial charge in [0.25, 0.3) is 5.91 Å². The van der Waals surface area contributed by atoms with E-state index >= 15 is 0 Å². The Kier molecular flexibility index (Phi) is 6.55. The maximum atomic E-state index is 12.7. The first kappa shape index (κ1) is 19.9. The van der Waals surface area contributed by atoms with Crippen molar-refractivity contribution in [2.45, 2.75) is 0 Å². The van der Waals surface area contributed by atoms with Crippen LogP contribution in [0.25, 0.3) is 11.1 Å². The highest BCUT2D eigenvalue weighted by molar-refractivity contribution is 7.19. The molecule has 5 nitrogen and oxygen atoms in total. The Morgan fingerprint density at radius 3 is 2.74 bits per heavy atom. The SMILES string of the molecule is N#Cc1c(N2CCOCC2)sc(C(=O)NCCF)c1-c1ccc(Cl)cc1Cl. The number of amides is 1. The largest absolute Gasteiger partial charge is 0.378 e. The number of carbonyl (C=O) groups excluding carboxylic acids is 1. The lowest BCUT2D eigenvalue weighted by molar-refractivity contribution is 0.0955. The van der Waals surface area contributed by atoms with Crippen molar-refractivity contribution in [1.82, 2.24) is 5.32 Å². The molecule has 0 spiro atoms. The summed E-state index contributed by atoms with van der Waals surface area (Å²) >= 11 is 13.5. The Balaban J connectivity index is 2.17. The first-order chi connectivity index (χ1) is 13.1. The summed E-state index contributed by atoms with van der Waals surface area (Å²) in [6.45, 7) is 1.56. The number of anilines is 1. The minimum absolute atomic E-state index is 0.0979. The van der Waals surface area contributed by atoms with E-state index in [4.69, 9.17) is 27.9 Å². The summed E-state index contributed by atoms with van der Waals surface area (Å²) in [5.74, 6) is -0.435. The molecule has 0 unspecified atom stereocenters. The molecule has 2 heterocycles. The van der Waals surface area contributed by atoms with E-state index in [1.54, 1.807) is 18.2 Å². The van der Waals surface area contributed by atoms with E-state index in [1.165, 1.54) is 11.3 Å². The standard InChI is InChI=1S/C18H16Cl2FN3O2S/c19-11-1-2-12(14(20)9-11)15-13(10-22)18(24-5-7-26-8-6-24)27-16(15)17(25)23-4-3-21/h1-2,9H,3-8H2,(H,23,25). The van der Waals surface area contributed by atoms with E-state index in [0.29, 0.717) is 62.9 Å². The topological polar surface area (TPSA) is 65.4 Å². The second-order valence-corrected chi connectivity index (χ2v) is 7.61. The second-order valence-electron chi connectivity index (χ2n) is 5.77. The quantitative estimate of drug-likeness (QED) is 0.778. The van der Waals surface area contributed by atoms with E-state index in [2.05, 4.69) is 11.4 Å². The van der Waals surface area contributed by atoms with Gasteiger partial charge in [-0.15, -0.1) is 11.3 Å². The molecular formula is C18H16Cl2FN3O2S. The zero-order chi connectivity index (χ0) is 19.4. The minimum Gasteiger partial charge on any atom is -0.378 e. The van der Waals surface area contributed by atoms with E-state index in [-0.39, 0.29) is 6.54 Å². The Morgan fingerprint density at radius 1 is 1.37 bits per heavy atom. The summed E-state index contributed by atoms with van der Waals surface area (Å²) < 4.78 is 17.9. The number of ether oxygens (including phenoxy) is 1. The van der Waals surface area contributed by atoms with Crippen LogP contribution in [0.4, 0.5) is 9.39 Å². The monoisotopic (exact) mass is 427 g/mol. The van der Waals surface area contributed by atoms with Crippen molar-refractivity contribution in [2.24, 2.45) is 0 Å². The average Bonchev–Trinajstić information content (AvgIpc) is 3.06. The molecule has 0 radical (unpaired) electrons. The fraction of sp³-hybridized carbons (Fsp3) is 0.333. The normalized spacial score (nSPS) is 14.1. The van der Waals surface area contributed by atoms with Crippen LogP contribution in [-0.2, 0) is 4.74 Å². The van der Waals surface area contributed by atoms with Crippen LogP contribution in [-0.4, -0.2) is 45.4 Å². The first-order valence-corrected chi connectivity index (χ1v) is 9.83. The highest BCUT2D eigenvalue weighted by Gasteiger charge is 2.28. The van der Waals surface area contributed by atoms with Crippen LogP contribution in [0, 0.1) is 11.3 Å². The van der Waals surface area contributed by atoms with Gasteiger partial charge in [0.15, 0.2) is 0 Å². The summed E-state index contributed by atoms with van der Waals surface area (Å²) in [6.07, 6.45) is 0. The number of benzene rings is 1. The summed E-state index contributed by atoms with van der Waals surface area (Å²) in [5.41, 5.74) is 1.36. The Morgan fingerprint density at radius 2 is 2.11 bits per heavy atom. The van der Waals surface area contributed by atoms with Crippen molar-refractivity contribution >= 4 is 45.4 Å². The third-order valence-electron chi connectivity index (χ3n) is 4.09. The zero-order valence-electron chi connectivity index (χ0n) is 14.2. The lowest BCUT2D eigenvalue weighted by atomic mass is 10.0. The maximum absolute atomic E-state index is 12.7. The van der Waals surface area contributed by atoms with Gasteiger partial charge in [0.1, 0.15) is 22.6 Å². The van der Waals surface area contributed by atoms with Gasteiger partial charge in [0.2, 0.25) is 0 Å². The van der Waals surface area contributed by atoms with Crippen molar-refractivity contribution in [3.8, 4) is 17.2 Å². The number of nitriles is 1. The van der Waals surface area contributed by atoms with Crippen LogP contribution >= 0.6 is 34.5 Å². The van der Waals surface area contributed by atoms with E-state index in [0.717, 1.165) is 0 Å². The smallest absolute Gasteiger partial charge is 0.262 e. The zero-order valence-corrected chi connectivity index (χ0v) is 16.6. The predicted molar refractivity (Wildman–Crippen MR) is 106 cm³/mol. The van der Waals surface area contributed by atoms with Gasteiger partial charge in [-0.3, -0.25) is 4.79 Å². The molecule has 1 amide bonds. The summed E-state index contributed by atoms with van der Waals surface area (Å²) in [4.78, 5) is 15.0. The number of nitrogens with one attached hydrogen (secondary N) is 1. The molecule has 1 aliphatic heterocycles. The molecule has 1 aromatic heterocycles. The van der Waals surface area contributed by atoms with Crippen molar-refractivity contribution in [3.63, 3.8) is 0 Å². The number of carbonyl (C=O) groups is 1. The maximum Gasteiger partial charge on any atom is 0.262 e. The molecule has 1 fully saturated rings. The fourth-order valence-electron chi connectivity index (χ4n) is 2.86. The predicted octanol–water partition coefficient (Wildman–Crippen LogP) is 4.13. The average molecular weight is 428 g/mol. The number of halogens is 3. The van der Waals surface area contributed by atoms with Crippen LogP contribution in [0.15, 0.2) is 18.2 Å². The van der Waals surface area contributed by atoms with Gasteiger partial charge in [-0.05, 0) is 12.1 Å². The molecule has 1 aliphatic rings. The molecule has 9 heteroatoms.